The fourth-order valence-electron chi connectivity index (χ4n) is 3.79. The molecule has 0 bridgehead atoms. The van der Waals surface area contributed by atoms with E-state index in [1.165, 1.54) is 22.3 Å². The van der Waals surface area contributed by atoms with E-state index in [0.717, 1.165) is 28.3 Å². The van der Waals surface area contributed by atoms with Crippen LogP contribution < -0.4 is 0 Å². The van der Waals surface area contributed by atoms with E-state index >= 15 is 0 Å². The van der Waals surface area contributed by atoms with Crippen LogP contribution in [0, 0.1) is 6.92 Å². The zero-order valence-electron chi connectivity index (χ0n) is 17.4. The van der Waals surface area contributed by atoms with Crippen molar-refractivity contribution >= 4 is 0 Å². The summed E-state index contributed by atoms with van der Waals surface area (Å²) in [4.78, 5) is 9.28. The number of aryl methyl sites for hydroxylation is 1. The van der Waals surface area contributed by atoms with E-state index in [9.17, 15) is 0 Å². The summed E-state index contributed by atoms with van der Waals surface area (Å²) in [5, 5.41) is 0. The minimum atomic E-state index is 0.775. The fraction of sp³-hybridized carbons (Fsp3) is 0.0345. The molecular weight excluding hydrogens is 376 g/mol. The molecule has 1 aromatic heterocycles. The van der Waals surface area contributed by atoms with Crippen molar-refractivity contribution in [3.8, 4) is 44.8 Å². The number of benzene rings is 4. The monoisotopic (exact) mass is 398 g/mol. The van der Waals surface area contributed by atoms with Crippen molar-refractivity contribution in [1.82, 2.24) is 9.97 Å². The Balaban J connectivity index is 1.42. The molecule has 0 atom stereocenters. The fourth-order valence-corrected chi connectivity index (χ4v) is 3.79. The molecule has 5 rings (SSSR count). The topological polar surface area (TPSA) is 25.8 Å². The number of hydrogen-bond acceptors (Lipinski definition) is 2. The summed E-state index contributed by atoms with van der Waals surface area (Å²) in [7, 11) is 0. The van der Waals surface area contributed by atoms with E-state index in [1.807, 2.05) is 31.2 Å². The molecule has 5 aromatic rings. The molecule has 0 aliphatic rings. The first kappa shape index (κ1) is 19.0. The molecule has 0 spiro atoms. The third-order valence-corrected chi connectivity index (χ3v) is 5.41. The van der Waals surface area contributed by atoms with Gasteiger partial charge in [-0.3, -0.25) is 0 Å². The Hall–Kier alpha value is -4.04. The Morgan fingerprint density at radius 2 is 0.710 bits per heavy atom. The van der Waals surface area contributed by atoms with Gasteiger partial charge in [0, 0.05) is 11.1 Å². The summed E-state index contributed by atoms with van der Waals surface area (Å²) in [6, 6.07) is 40.1. The molecule has 0 amide bonds. The Morgan fingerprint density at radius 3 is 1.16 bits per heavy atom. The highest BCUT2D eigenvalue weighted by molar-refractivity contribution is 5.73. The van der Waals surface area contributed by atoms with E-state index in [4.69, 9.17) is 0 Å². The smallest absolute Gasteiger partial charge is 0.126 e. The molecule has 31 heavy (non-hydrogen) atoms. The molecule has 0 aliphatic carbocycles. The summed E-state index contributed by atoms with van der Waals surface area (Å²) >= 11 is 0. The lowest BCUT2D eigenvalue weighted by molar-refractivity contribution is 1.06. The second-order valence-corrected chi connectivity index (χ2v) is 7.57. The van der Waals surface area contributed by atoms with Crippen molar-refractivity contribution in [2.45, 2.75) is 6.92 Å². The molecule has 0 saturated carbocycles. The average Bonchev–Trinajstić information content (AvgIpc) is 2.85. The zero-order valence-corrected chi connectivity index (χ0v) is 17.4. The van der Waals surface area contributed by atoms with Crippen LogP contribution in [-0.4, -0.2) is 9.97 Å². The second kappa shape index (κ2) is 8.37. The van der Waals surface area contributed by atoms with Gasteiger partial charge in [-0.15, -0.1) is 0 Å². The van der Waals surface area contributed by atoms with Crippen molar-refractivity contribution in [1.29, 1.82) is 0 Å². The molecule has 2 heteroatoms. The highest BCUT2D eigenvalue weighted by Gasteiger charge is 2.07. The van der Waals surface area contributed by atoms with Crippen molar-refractivity contribution in [2.75, 3.05) is 0 Å². The van der Waals surface area contributed by atoms with Gasteiger partial charge in [0.25, 0.3) is 0 Å². The zero-order chi connectivity index (χ0) is 21.0. The predicted molar refractivity (Wildman–Crippen MR) is 129 cm³/mol. The van der Waals surface area contributed by atoms with E-state index in [1.54, 1.807) is 0 Å². The SMILES string of the molecule is Cc1nc(-c2ccccc2)cc(-c2ccc(-c3ccc(-c4ccccc4)cc3)cc2)n1. The van der Waals surface area contributed by atoms with Gasteiger partial charge in [-0.05, 0) is 35.2 Å². The summed E-state index contributed by atoms with van der Waals surface area (Å²) in [5.41, 5.74) is 8.94. The number of nitrogens with zero attached hydrogens (tertiary/aromatic N) is 2. The number of hydrogen-bond donors (Lipinski definition) is 0. The van der Waals surface area contributed by atoms with Gasteiger partial charge < -0.3 is 0 Å². The quantitative estimate of drug-likeness (QED) is 0.314. The first-order valence-electron chi connectivity index (χ1n) is 10.4. The molecule has 148 valence electrons. The van der Waals surface area contributed by atoms with Crippen LogP contribution in [0.4, 0.5) is 0 Å². The maximum Gasteiger partial charge on any atom is 0.126 e. The Kier molecular flexibility index (Phi) is 5.12. The van der Waals surface area contributed by atoms with Crippen LogP contribution in [0.15, 0.2) is 115 Å². The maximum atomic E-state index is 4.67. The van der Waals surface area contributed by atoms with Crippen molar-refractivity contribution in [3.05, 3.63) is 121 Å². The highest BCUT2D eigenvalue weighted by atomic mass is 14.9. The third kappa shape index (κ3) is 4.15. The van der Waals surface area contributed by atoms with Crippen molar-refractivity contribution < 1.29 is 0 Å². The number of rotatable bonds is 4. The summed E-state index contributed by atoms with van der Waals surface area (Å²) in [5.74, 6) is 0.775. The largest absolute Gasteiger partial charge is 0.233 e. The van der Waals surface area contributed by atoms with Crippen LogP contribution in [0.3, 0.4) is 0 Å². The standard InChI is InChI=1S/C29H22N2/c1-21-30-28(26-10-6-3-7-11-26)20-29(31-21)27-18-16-25(17-19-27)24-14-12-23(13-15-24)22-8-4-2-5-9-22/h2-20H,1H3. The van der Waals surface area contributed by atoms with Crippen LogP contribution in [0.1, 0.15) is 5.82 Å². The van der Waals surface area contributed by atoms with E-state index < -0.39 is 0 Å². The first-order chi connectivity index (χ1) is 15.3. The molecule has 0 fully saturated rings. The lowest BCUT2D eigenvalue weighted by Gasteiger charge is -2.08. The van der Waals surface area contributed by atoms with Crippen LogP contribution in [0.2, 0.25) is 0 Å². The lowest BCUT2D eigenvalue weighted by Crippen LogP contribution is -1.94. The number of aromatic nitrogens is 2. The van der Waals surface area contributed by atoms with Crippen LogP contribution in [0.25, 0.3) is 44.8 Å². The van der Waals surface area contributed by atoms with E-state index in [-0.39, 0.29) is 0 Å². The molecular formula is C29H22N2. The van der Waals surface area contributed by atoms with Crippen LogP contribution in [0.5, 0.6) is 0 Å². The minimum absolute atomic E-state index is 0.775. The van der Waals surface area contributed by atoms with E-state index in [2.05, 4.69) is 101 Å². The predicted octanol–water partition coefficient (Wildman–Crippen LogP) is 7.45. The van der Waals surface area contributed by atoms with Gasteiger partial charge in [-0.1, -0.05) is 109 Å². The lowest BCUT2D eigenvalue weighted by atomic mass is 9.99. The molecule has 4 aromatic carbocycles. The summed E-state index contributed by atoms with van der Waals surface area (Å²) in [6.45, 7) is 1.94. The molecule has 0 unspecified atom stereocenters. The van der Waals surface area contributed by atoms with Gasteiger partial charge in [0.15, 0.2) is 0 Å². The Labute approximate surface area is 182 Å². The van der Waals surface area contributed by atoms with Crippen molar-refractivity contribution in [2.24, 2.45) is 0 Å². The van der Waals surface area contributed by atoms with Crippen LogP contribution in [-0.2, 0) is 0 Å². The van der Waals surface area contributed by atoms with Gasteiger partial charge in [0.05, 0.1) is 11.4 Å². The second-order valence-electron chi connectivity index (χ2n) is 7.57. The highest BCUT2D eigenvalue weighted by Crippen LogP contribution is 2.28. The van der Waals surface area contributed by atoms with Gasteiger partial charge in [-0.25, -0.2) is 9.97 Å². The Bertz CT molecular complexity index is 1290. The maximum absolute atomic E-state index is 4.67. The van der Waals surface area contributed by atoms with Gasteiger partial charge >= 0.3 is 0 Å². The molecule has 2 nitrogen and oxygen atoms in total. The van der Waals surface area contributed by atoms with Gasteiger partial charge in [-0.2, -0.15) is 0 Å². The van der Waals surface area contributed by atoms with E-state index in [0.29, 0.717) is 0 Å². The normalized spacial score (nSPS) is 10.7. The minimum Gasteiger partial charge on any atom is -0.233 e. The molecule has 0 saturated heterocycles. The molecule has 0 aliphatic heterocycles. The van der Waals surface area contributed by atoms with Gasteiger partial charge in [0.2, 0.25) is 0 Å². The van der Waals surface area contributed by atoms with Gasteiger partial charge in [0.1, 0.15) is 5.82 Å². The first-order valence-corrected chi connectivity index (χ1v) is 10.4. The third-order valence-electron chi connectivity index (χ3n) is 5.41. The molecule has 0 radical (unpaired) electrons. The Morgan fingerprint density at radius 1 is 0.387 bits per heavy atom. The van der Waals surface area contributed by atoms with Crippen LogP contribution >= 0.6 is 0 Å². The molecule has 1 heterocycles. The average molecular weight is 399 g/mol. The summed E-state index contributed by atoms with van der Waals surface area (Å²) in [6.07, 6.45) is 0. The summed E-state index contributed by atoms with van der Waals surface area (Å²) < 4.78 is 0. The molecule has 0 N–H and O–H groups in total. The van der Waals surface area contributed by atoms with Crippen molar-refractivity contribution in [3.63, 3.8) is 0 Å².